The molecular formula is C30H33ClFN3O2. The van der Waals surface area contributed by atoms with Gasteiger partial charge in [0.2, 0.25) is 5.91 Å². The molecule has 4 rings (SSSR count). The van der Waals surface area contributed by atoms with Gasteiger partial charge < -0.3 is 14.8 Å². The first-order valence-electron chi connectivity index (χ1n) is 12.6. The molecule has 0 aliphatic carbocycles. The van der Waals surface area contributed by atoms with Crippen molar-refractivity contribution in [2.24, 2.45) is 7.05 Å². The fraction of sp³-hybridized carbons (Fsp3) is 0.333. The molecule has 1 aliphatic heterocycles. The number of likely N-dealkylation sites (N-methyl/N-ethyl adjacent to an activating group) is 1. The summed E-state index contributed by atoms with van der Waals surface area (Å²) in [6, 6.07) is 11.0. The Bertz CT molecular complexity index is 1350. The lowest BCUT2D eigenvalue weighted by atomic mass is 9.79. The molecule has 1 aliphatic rings. The number of hydrogen-bond acceptors (Lipinski definition) is 2. The third-order valence-electron chi connectivity index (χ3n) is 7.29. The van der Waals surface area contributed by atoms with Crippen LogP contribution in [-0.4, -0.2) is 28.3 Å². The number of carbonyl (C=O) groups is 2. The van der Waals surface area contributed by atoms with Crippen molar-refractivity contribution in [2.75, 3.05) is 7.05 Å². The van der Waals surface area contributed by atoms with E-state index in [1.54, 1.807) is 24.1 Å². The van der Waals surface area contributed by atoms with E-state index in [1.165, 1.54) is 17.8 Å². The van der Waals surface area contributed by atoms with Crippen LogP contribution in [0.5, 0.6) is 0 Å². The molecule has 0 radical (unpaired) electrons. The summed E-state index contributed by atoms with van der Waals surface area (Å²) in [6.45, 7) is 4.26. The second-order valence-corrected chi connectivity index (χ2v) is 10.0. The number of nitrogens with zero attached hydrogens (tertiary/aromatic N) is 2. The van der Waals surface area contributed by atoms with Gasteiger partial charge in [-0.1, -0.05) is 48.0 Å². The largest absolute Gasteiger partial charge is 0.354 e. The SMILES string of the molecule is C/C=C\CCCc1c(C)c(C2C(C(=O)NCc3ccc(F)cc3Cl)c3ccccc3C(=O)N2C)cn1C. The van der Waals surface area contributed by atoms with Crippen LogP contribution < -0.4 is 5.32 Å². The predicted octanol–water partition coefficient (Wildman–Crippen LogP) is 6.25. The normalized spacial score (nSPS) is 17.4. The van der Waals surface area contributed by atoms with E-state index in [-0.39, 0.29) is 23.4 Å². The van der Waals surface area contributed by atoms with Crippen LogP contribution >= 0.6 is 11.6 Å². The molecule has 2 atom stereocenters. The molecule has 2 unspecified atom stereocenters. The molecule has 0 bridgehead atoms. The van der Waals surface area contributed by atoms with Crippen molar-refractivity contribution in [3.63, 3.8) is 0 Å². The second kappa shape index (κ2) is 11.3. The maximum absolute atomic E-state index is 13.8. The molecule has 0 saturated carbocycles. The Labute approximate surface area is 222 Å². The zero-order valence-electron chi connectivity index (χ0n) is 21.7. The van der Waals surface area contributed by atoms with Gasteiger partial charge in [0.05, 0.1) is 12.0 Å². The molecular weight excluding hydrogens is 489 g/mol. The number of aryl methyl sites for hydroxylation is 1. The Hall–Kier alpha value is -3.38. The third kappa shape index (κ3) is 5.35. The van der Waals surface area contributed by atoms with Crippen LogP contribution in [0.2, 0.25) is 5.02 Å². The zero-order chi connectivity index (χ0) is 26.7. The van der Waals surface area contributed by atoms with Crippen molar-refractivity contribution >= 4 is 23.4 Å². The van der Waals surface area contributed by atoms with E-state index in [2.05, 4.69) is 35.2 Å². The summed E-state index contributed by atoms with van der Waals surface area (Å²) in [5, 5.41) is 3.25. The average Bonchev–Trinajstić information content (AvgIpc) is 3.15. The lowest BCUT2D eigenvalue weighted by molar-refractivity contribution is -0.124. The van der Waals surface area contributed by atoms with E-state index in [0.717, 1.165) is 30.4 Å². The molecule has 7 heteroatoms. The Morgan fingerprint density at radius 2 is 1.92 bits per heavy atom. The van der Waals surface area contributed by atoms with Gasteiger partial charge in [-0.2, -0.15) is 0 Å². The number of benzene rings is 2. The molecule has 0 spiro atoms. The van der Waals surface area contributed by atoms with Gasteiger partial charge in [0, 0.05) is 43.1 Å². The van der Waals surface area contributed by atoms with E-state index in [0.29, 0.717) is 16.7 Å². The summed E-state index contributed by atoms with van der Waals surface area (Å²) in [6.07, 6.45) is 9.21. The molecule has 5 nitrogen and oxygen atoms in total. The predicted molar refractivity (Wildman–Crippen MR) is 145 cm³/mol. The fourth-order valence-electron chi connectivity index (χ4n) is 5.33. The van der Waals surface area contributed by atoms with E-state index in [4.69, 9.17) is 11.6 Å². The first-order valence-corrected chi connectivity index (χ1v) is 13.0. The fourth-order valence-corrected chi connectivity index (χ4v) is 5.57. The molecule has 3 aromatic rings. The van der Waals surface area contributed by atoms with Crippen LogP contribution in [0.25, 0.3) is 0 Å². The topological polar surface area (TPSA) is 54.3 Å². The number of nitrogens with one attached hydrogen (secondary N) is 1. The van der Waals surface area contributed by atoms with Crippen molar-refractivity contribution in [2.45, 2.75) is 51.6 Å². The number of hydrogen-bond donors (Lipinski definition) is 1. The van der Waals surface area contributed by atoms with Crippen molar-refractivity contribution in [1.29, 1.82) is 0 Å². The molecule has 2 heterocycles. The minimum absolute atomic E-state index is 0.107. The number of rotatable bonds is 8. The highest BCUT2D eigenvalue weighted by Gasteiger charge is 2.43. The zero-order valence-corrected chi connectivity index (χ0v) is 22.5. The summed E-state index contributed by atoms with van der Waals surface area (Å²) in [4.78, 5) is 28.9. The van der Waals surface area contributed by atoms with Crippen LogP contribution in [0.3, 0.4) is 0 Å². The number of allylic oxidation sites excluding steroid dienone is 2. The van der Waals surface area contributed by atoms with Gasteiger partial charge >= 0.3 is 0 Å². The third-order valence-corrected chi connectivity index (χ3v) is 7.65. The van der Waals surface area contributed by atoms with Crippen molar-refractivity contribution in [3.05, 3.63) is 105 Å². The lowest BCUT2D eigenvalue weighted by Crippen LogP contribution is -2.45. The molecule has 2 amide bonds. The van der Waals surface area contributed by atoms with Crippen LogP contribution in [0.1, 0.15) is 70.0 Å². The van der Waals surface area contributed by atoms with E-state index in [9.17, 15) is 14.0 Å². The van der Waals surface area contributed by atoms with Gasteiger partial charge in [0.15, 0.2) is 0 Å². The summed E-state index contributed by atoms with van der Waals surface area (Å²) in [5.41, 5.74) is 5.13. The van der Waals surface area contributed by atoms with Crippen molar-refractivity contribution < 1.29 is 14.0 Å². The van der Waals surface area contributed by atoms with Gasteiger partial charge in [0.25, 0.3) is 5.91 Å². The Morgan fingerprint density at radius 3 is 2.65 bits per heavy atom. The number of unbranched alkanes of at least 4 members (excludes halogenated alkanes) is 1. The Kier molecular flexibility index (Phi) is 8.18. The maximum atomic E-state index is 13.8. The van der Waals surface area contributed by atoms with E-state index < -0.39 is 17.8 Å². The van der Waals surface area contributed by atoms with Gasteiger partial charge in [0.1, 0.15) is 5.82 Å². The smallest absolute Gasteiger partial charge is 0.254 e. The molecule has 0 saturated heterocycles. The molecule has 1 aromatic heterocycles. The van der Waals surface area contributed by atoms with Gasteiger partial charge in [-0.25, -0.2) is 4.39 Å². The average molecular weight is 522 g/mol. The maximum Gasteiger partial charge on any atom is 0.254 e. The van der Waals surface area contributed by atoms with Gasteiger partial charge in [-0.3, -0.25) is 9.59 Å². The summed E-state index contributed by atoms with van der Waals surface area (Å²) in [5.74, 6) is -1.36. The monoisotopic (exact) mass is 521 g/mol. The first kappa shape index (κ1) is 26.7. The standard InChI is InChI=1S/C30H33ClFN3O2/c1-5-6-7-8-13-26-19(2)24(18-34(26)3)28-27(22-11-9-10-12-23(22)30(37)35(28)4)29(36)33-17-20-14-15-21(32)16-25(20)31/h5-6,9-12,14-16,18,27-28H,7-8,13,17H2,1-4H3,(H,33,36)/b6-5-. The van der Waals surface area contributed by atoms with Gasteiger partial charge in [-0.05, 0) is 73.6 Å². The Morgan fingerprint density at radius 1 is 1.16 bits per heavy atom. The number of fused-ring (bicyclic) bond motifs is 1. The van der Waals surface area contributed by atoms with Crippen molar-refractivity contribution in [3.8, 4) is 0 Å². The molecule has 1 N–H and O–H groups in total. The van der Waals surface area contributed by atoms with Gasteiger partial charge in [-0.15, -0.1) is 0 Å². The number of amides is 2. The molecule has 0 fully saturated rings. The first-order chi connectivity index (χ1) is 17.7. The molecule has 2 aromatic carbocycles. The number of carbonyl (C=O) groups excluding carboxylic acids is 2. The number of halogens is 2. The minimum atomic E-state index is -0.616. The summed E-state index contributed by atoms with van der Waals surface area (Å²) >= 11 is 6.20. The highest BCUT2D eigenvalue weighted by atomic mass is 35.5. The Balaban J connectivity index is 1.71. The van der Waals surface area contributed by atoms with E-state index in [1.807, 2.05) is 32.2 Å². The molecule has 37 heavy (non-hydrogen) atoms. The number of aromatic nitrogens is 1. The van der Waals surface area contributed by atoms with Crippen molar-refractivity contribution in [1.82, 2.24) is 14.8 Å². The highest BCUT2D eigenvalue weighted by molar-refractivity contribution is 6.31. The summed E-state index contributed by atoms with van der Waals surface area (Å²) in [7, 11) is 3.78. The second-order valence-electron chi connectivity index (χ2n) is 9.61. The van der Waals surface area contributed by atoms with Crippen LogP contribution in [0.15, 0.2) is 60.8 Å². The molecule has 194 valence electrons. The minimum Gasteiger partial charge on any atom is -0.354 e. The summed E-state index contributed by atoms with van der Waals surface area (Å²) < 4.78 is 15.6. The van der Waals surface area contributed by atoms with Crippen LogP contribution in [0, 0.1) is 12.7 Å². The van der Waals surface area contributed by atoms with E-state index >= 15 is 0 Å². The van der Waals surface area contributed by atoms with Crippen LogP contribution in [-0.2, 0) is 24.8 Å². The lowest BCUT2D eigenvalue weighted by Gasteiger charge is -2.39. The quantitative estimate of drug-likeness (QED) is 0.281. The highest BCUT2D eigenvalue weighted by Crippen LogP contribution is 2.44. The van der Waals surface area contributed by atoms with Crippen LogP contribution in [0.4, 0.5) is 4.39 Å².